The number of carbonyl (C=O) groups is 1. The zero-order valence-electron chi connectivity index (χ0n) is 20.9. The molecule has 1 N–H and O–H groups in total. The molecule has 37 heavy (non-hydrogen) atoms. The third kappa shape index (κ3) is 4.44. The van der Waals surface area contributed by atoms with E-state index >= 15 is 4.39 Å². The summed E-state index contributed by atoms with van der Waals surface area (Å²) < 4.78 is 59.7. The smallest absolute Gasteiger partial charge is 0.266 e. The molecule has 1 amide bonds. The number of nitrogens with one attached hydrogen (secondary N) is 1. The van der Waals surface area contributed by atoms with Crippen molar-refractivity contribution < 1.29 is 22.4 Å². The summed E-state index contributed by atoms with van der Waals surface area (Å²) in [6.45, 7) is 6.56. The van der Waals surface area contributed by atoms with Gasteiger partial charge in [-0.25, -0.2) is 27.5 Å². The number of rotatable bonds is 4. The Kier molecular flexibility index (Phi) is 6.41. The first-order chi connectivity index (χ1) is 17.6. The Bertz CT molecular complexity index is 1400. The number of fused-ring (bicyclic) bond motifs is 3. The highest BCUT2D eigenvalue weighted by Crippen LogP contribution is 2.44. The van der Waals surface area contributed by atoms with Gasteiger partial charge in [0.05, 0.1) is 17.2 Å². The molecule has 1 atom stereocenters. The molecular weight excluding hydrogens is 488 g/mol. The Morgan fingerprint density at radius 2 is 1.86 bits per heavy atom. The maximum Gasteiger partial charge on any atom is 0.266 e. The fraction of sp³-hybridized carbons (Fsp3) is 0.462. The molecule has 7 nitrogen and oxygen atoms in total. The molecular formula is C26H28F4N6O. The van der Waals surface area contributed by atoms with E-state index in [0.29, 0.717) is 54.8 Å². The van der Waals surface area contributed by atoms with Crippen molar-refractivity contribution in [2.75, 3.05) is 25.0 Å². The molecule has 1 aromatic carbocycles. The van der Waals surface area contributed by atoms with Crippen LogP contribution in [0.4, 0.5) is 23.4 Å². The van der Waals surface area contributed by atoms with Crippen LogP contribution in [-0.2, 0) is 17.0 Å². The lowest BCUT2D eigenvalue weighted by Crippen LogP contribution is -2.42. The number of aryl methyl sites for hydroxylation is 1. The van der Waals surface area contributed by atoms with Crippen molar-refractivity contribution in [2.45, 2.75) is 58.3 Å². The Morgan fingerprint density at radius 3 is 2.54 bits per heavy atom. The van der Waals surface area contributed by atoms with Crippen molar-refractivity contribution >= 4 is 11.7 Å². The molecule has 0 aromatic heterocycles. The van der Waals surface area contributed by atoms with Crippen molar-refractivity contribution in [3.63, 3.8) is 0 Å². The monoisotopic (exact) mass is 516 g/mol. The third-order valence-corrected chi connectivity index (χ3v) is 7.26. The summed E-state index contributed by atoms with van der Waals surface area (Å²) >= 11 is 0. The topological polar surface area (TPSA) is 75.4 Å². The van der Waals surface area contributed by atoms with Crippen LogP contribution < -0.4 is 10.8 Å². The van der Waals surface area contributed by atoms with E-state index in [0.717, 1.165) is 6.07 Å². The molecule has 1 unspecified atom stereocenters. The Labute approximate surface area is 211 Å². The van der Waals surface area contributed by atoms with Crippen LogP contribution in [0, 0.1) is 12.7 Å². The summed E-state index contributed by atoms with van der Waals surface area (Å²) in [6, 6.07) is 4.72. The second-order valence-corrected chi connectivity index (χ2v) is 9.64. The highest BCUT2D eigenvalue weighted by Gasteiger charge is 2.41. The summed E-state index contributed by atoms with van der Waals surface area (Å²) in [5.74, 6) is 0.552. The number of hydrogen-bond donors (Lipinski definition) is 1. The van der Waals surface area contributed by atoms with Gasteiger partial charge in [0, 0.05) is 57.1 Å². The minimum absolute atomic E-state index is 0.0245. The minimum Gasteiger partial charge on any atom is -0.369 e. The number of carbonyl (C=O) groups excluding carboxylic acids is 1. The Balaban J connectivity index is 1.65. The fourth-order valence-corrected chi connectivity index (χ4v) is 5.24. The number of piperidine rings is 1. The first-order valence-corrected chi connectivity index (χ1v) is 12.3. The highest BCUT2D eigenvalue weighted by atomic mass is 19.3. The lowest BCUT2D eigenvalue weighted by molar-refractivity contribution is -0.131. The van der Waals surface area contributed by atoms with Gasteiger partial charge in [-0.3, -0.25) is 9.79 Å². The van der Waals surface area contributed by atoms with E-state index in [1.54, 1.807) is 24.8 Å². The number of likely N-dealkylation sites (tertiary alicyclic amines) is 1. The highest BCUT2D eigenvalue weighted by molar-refractivity contribution is 5.73. The van der Waals surface area contributed by atoms with E-state index in [2.05, 4.69) is 20.3 Å². The molecule has 0 radical (unpaired) electrons. The van der Waals surface area contributed by atoms with Crippen LogP contribution in [-0.4, -0.2) is 45.0 Å². The average Bonchev–Trinajstić information content (AvgIpc) is 3.34. The maximum atomic E-state index is 16.5. The van der Waals surface area contributed by atoms with Crippen LogP contribution in [0.1, 0.15) is 61.7 Å². The molecule has 4 aliphatic rings. The SMILES string of the molecule is CC(=O)N1CCC(F)(c2cc3c(=NC(C)c4cccc(C(F)F)c4F)nc(C)nc-3n3c2NCC3)CC1. The zero-order chi connectivity index (χ0) is 26.5. The average molecular weight is 517 g/mol. The molecule has 4 aliphatic heterocycles. The molecule has 0 bridgehead atoms. The maximum absolute atomic E-state index is 16.5. The normalized spacial score (nSPS) is 18.3. The van der Waals surface area contributed by atoms with E-state index in [-0.39, 0.29) is 29.8 Å². The molecule has 11 heteroatoms. The number of benzene rings is 1. The number of nitrogens with zero attached hydrogens (tertiary/aromatic N) is 5. The van der Waals surface area contributed by atoms with E-state index in [1.165, 1.54) is 19.1 Å². The minimum atomic E-state index is -2.95. The van der Waals surface area contributed by atoms with Crippen molar-refractivity contribution in [1.29, 1.82) is 0 Å². The van der Waals surface area contributed by atoms with E-state index in [1.807, 2.05) is 4.57 Å². The van der Waals surface area contributed by atoms with Gasteiger partial charge in [-0.15, -0.1) is 0 Å². The summed E-state index contributed by atoms with van der Waals surface area (Å²) in [4.78, 5) is 27.1. The summed E-state index contributed by atoms with van der Waals surface area (Å²) in [5.41, 5.74) is -1.15. The molecule has 1 aromatic rings. The summed E-state index contributed by atoms with van der Waals surface area (Å²) in [5, 5.41) is 3.28. The van der Waals surface area contributed by atoms with Crippen LogP contribution in [0.3, 0.4) is 0 Å². The van der Waals surface area contributed by atoms with Crippen LogP contribution in [0.25, 0.3) is 11.4 Å². The largest absolute Gasteiger partial charge is 0.369 e. The van der Waals surface area contributed by atoms with Gasteiger partial charge in [0.15, 0.2) is 5.49 Å². The number of aromatic nitrogens is 3. The van der Waals surface area contributed by atoms with Crippen molar-refractivity contribution in [3.8, 4) is 11.4 Å². The molecule has 0 aliphatic carbocycles. The molecule has 196 valence electrons. The number of amides is 1. The molecule has 0 spiro atoms. The van der Waals surface area contributed by atoms with Crippen molar-refractivity contribution in [3.05, 3.63) is 58.1 Å². The predicted octanol–water partition coefficient (Wildman–Crippen LogP) is 4.66. The molecule has 1 saturated heterocycles. The first kappa shape index (κ1) is 25.2. The zero-order valence-corrected chi connectivity index (χ0v) is 20.9. The van der Waals surface area contributed by atoms with Gasteiger partial charge in [-0.2, -0.15) is 0 Å². The lowest BCUT2D eigenvalue weighted by atomic mass is 9.85. The van der Waals surface area contributed by atoms with E-state index in [9.17, 15) is 18.0 Å². The number of halogens is 4. The van der Waals surface area contributed by atoms with Gasteiger partial charge in [0.1, 0.15) is 29.0 Å². The first-order valence-electron chi connectivity index (χ1n) is 12.3. The van der Waals surface area contributed by atoms with Gasteiger partial charge in [-0.05, 0) is 19.9 Å². The van der Waals surface area contributed by atoms with Crippen LogP contribution in [0.15, 0.2) is 29.3 Å². The second kappa shape index (κ2) is 9.42. The lowest BCUT2D eigenvalue weighted by Gasteiger charge is -2.37. The number of hydrogen-bond acceptors (Lipinski definition) is 5. The Morgan fingerprint density at radius 1 is 1.16 bits per heavy atom. The van der Waals surface area contributed by atoms with Gasteiger partial charge in [0.25, 0.3) is 6.43 Å². The molecule has 0 saturated carbocycles. The molecule has 5 rings (SSSR count). The van der Waals surface area contributed by atoms with E-state index in [4.69, 9.17) is 0 Å². The van der Waals surface area contributed by atoms with E-state index < -0.39 is 29.5 Å². The van der Waals surface area contributed by atoms with Gasteiger partial charge >= 0.3 is 0 Å². The van der Waals surface area contributed by atoms with Gasteiger partial charge in [-0.1, -0.05) is 18.2 Å². The van der Waals surface area contributed by atoms with Gasteiger partial charge < -0.3 is 14.8 Å². The fourth-order valence-electron chi connectivity index (χ4n) is 5.24. The van der Waals surface area contributed by atoms with Crippen LogP contribution >= 0.6 is 0 Å². The molecule has 1 fully saturated rings. The van der Waals surface area contributed by atoms with Crippen molar-refractivity contribution in [1.82, 2.24) is 19.4 Å². The molecule has 4 heterocycles. The van der Waals surface area contributed by atoms with Gasteiger partial charge in [0.2, 0.25) is 5.91 Å². The van der Waals surface area contributed by atoms with Crippen LogP contribution in [0.5, 0.6) is 0 Å². The van der Waals surface area contributed by atoms with Crippen LogP contribution in [0.2, 0.25) is 0 Å². The summed E-state index contributed by atoms with van der Waals surface area (Å²) in [7, 11) is 0. The standard InChI is InChI=1S/C26H28F4N6O/c1-14(17-5-4-6-18(21(17)27)22(28)29)32-23-19-13-20(26(30)7-10-35(11-8-26)16(3)37)25-31-9-12-36(25)24(19)34-15(2)33-23/h4-6,13-14,22,31H,7-12H2,1-3H3. The Hall–Kier alpha value is -3.50. The third-order valence-electron chi connectivity index (χ3n) is 7.26. The second-order valence-electron chi connectivity index (χ2n) is 9.64. The predicted molar refractivity (Wildman–Crippen MR) is 129 cm³/mol. The quantitative estimate of drug-likeness (QED) is 0.512. The number of alkyl halides is 3. The van der Waals surface area contributed by atoms with Crippen molar-refractivity contribution in [2.24, 2.45) is 4.99 Å². The number of pyridine rings is 1. The number of anilines is 1. The summed E-state index contributed by atoms with van der Waals surface area (Å²) in [6.07, 6.45) is -2.65.